The lowest BCUT2D eigenvalue weighted by Gasteiger charge is -2.48. The number of amides is 1. The van der Waals surface area contributed by atoms with Crippen LogP contribution >= 0.6 is 23.2 Å². The maximum atomic E-state index is 14.3. The van der Waals surface area contributed by atoms with E-state index >= 15 is 0 Å². The lowest BCUT2D eigenvalue weighted by atomic mass is 9.74. The summed E-state index contributed by atoms with van der Waals surface area (Å²) in [5.41, 5.74) is 1.92. The highest BCUT2D eigenvalue weighted by molar-refractivity contribution is 6.99. The van der Waals surface area contributed by atoms with E-state index in [1.54, 1.807) is 0 Å². The van der Waals surface area contributed by atoms with Crippen molar-refractivity contribution in [2.24, 2.45) is 5.92 Å². The van der Waals surface area contributed by atoms with Crippen molar-refractivity contribution in [3.63, 3.8) is 0 Å². The Morgan fingerprint density at radius 1 is 0.872 bits per heavy atom. The van der Waals surface area contributed by atoms with Crippen molar-refractivity contribution in [3.05, 3.63) is 130 Å². The number of aliphatic carboxylic acids is 1. The van der Waals surface area contributed by atoms with Gasteiger partial charge in [0.2, 0.25) is 5.91 Å². The Hall–Kier alpha value is -3.42. The number of nitrogens with zero attached hydrogens (tertiary/aromatic N) is 1. The van der Waals surface area contributed by atoms with Crippen LogP contribution in [0.4, 0.5) is 0 Å². The molecule has 1 fully saturated rings. The quantitative estimate of drug-likeness (QED) is 0.161. The average Bonchev–Trinajstić information content (AvgIpc) is 3.04. The maximum Gasteiger partial charge on any atom is 0.304 e. The van der Waals surface area contributed by atoms with Gasteiger partial charge < -0.3 is 14.4 Å². The fourth-order valence-corrected chi connectivity index (χ4v) is 12.2. The summed E-state index contributed by atoms with van der Waals surface area (Å²) in [4.78, 5) is 28.3. The second-order valence-corrected chi connectivity index (χ2v) is 18.8. The van der Waals surface area contributed by atoms with Gasteiger partial charge in [-0.25, -0.2) is 0 Å². The third-order valence-corrected chi connectivity index (χ3v) is 15.0. The van der Waals surface area contributed by atoms with Gasteiger partial charge in [0.25, 0.3) is 8.32 Å². The predicted molar refractivity (Wildman–Crippen MR) is 193 cm³/mol. The van der Waals surface area contributed by atoms with Crippen LogP contribution in [0.2, 0.25) is 15.1 Å². The molecule has 4 aromatic rings. The van der Waals surface area contributed by atoms with Gasteiger partial charge >= 0.3 is 5.97 Å². The number of carbonyl (C=O) groups is 2. The van der Waals surface area contributed by atoms with E-state index in [-0.39, 0.29) is 35.4 Å². The van der Waals surface area contributed by atoms with Gasteiger partial charge in [0, 0.05) is 34.5 Å². The van der Waals surface area contributed by atoms with E-state index in [1.165, 1.54) is 10.4 Å². The number of halogens is 2. The van der Waals surface area contributed by atoms with Gasteiger partial charge in [-0.2, -0.15) is 0 Å². The van der Waals surface area contributed by atoms with Crippen LogP contribution < -0.4 is 10.4 Å². The number of carbonyl (C=O) groups excluding carboxylic acids is 1. The molecule has 8 heteroatoms. The third-order valence-electron chi connectivity index (χ3n) is 9.48. The molecule has 0 aliphatic carbocycles. The number of carboxylic acid groups (broad SMARTS) is 1. The maximum absolute atomic E-state index is 14.3. The minimum atomic E-state index is -2.79. The second kappa shape index (κ2) is 14.8. The number of hydrogen-bond donors (Lipinski definition) is 1. The molecular weight excluding hydrogens is 645 g/mol. The number of rotatable bonds is 11. The van der Waals surface area contributed by atoms with Crippen LogP contribution in [-0.4, -0.2) is 42.8 Å². The molecule has 0 radical (unpaired) electrons. The molecule has 1 heterocycles. The van der Waals surface area contributed by atoms with E-state index in [4.69, 9.17) is 27.6 Å². The second-order valence-electron chi connectivity index (χ2n) is 13.6. The van der Waals surface area contributed by atoms with Crippen molar-refractivity contribution in [1.29, 1.82) is 0 Å². The summed E-state index contributed by atoms with van der Waals surface area (Å²) in [5, 5.41) is 13.2. The van der Waals surface area contributed by atoms with Crippen LogP contribution in [0.3, 0.4) is 0 Å². The lowest BCUT2D eigenvalue weighted by molar-refractivity contribution is -0.152. The molecule has 0 spiro atoms. The minimum Gasteiger partial charge on any atom is -0.481 e. The molecule has 1 amide bonds. The van der Waals surface area contributed by atoms with Crippen LogP contribution in [0.1, 0.15) is 70.0 Å². The van der Waals surface area contributed by atoms with E-state index in [0.717, 1.165) is 11.1 Å². The van der Waals surface area contributed by atoms with Gasteiger partial charge in [-0.3, -0.25) is 9.59 Å². The molecule has 5 rings (SSSR count). The Labute approximate surface area is 289 Å². The van der Waals surface area contributed by atoms with Crippen LogP contribution in [0.25, 0.3) is 0 Å². The average molecular weight is 689 g/mol. The van der Waals surface area contributed by atoms with E-state index in [9.17, 15) is 14.7 Å². The molecule has 5 nitrogen and oxygen atoms in total. The normalized spacial score (nSPS) is 19.4. The molecule has 246 valence electrons. The number of likely N-dealkylation sites (tertiary alicyclic amines) is 1. The van der Waals surface area contributed by atoms with Crippen LogP contribution in [-0.2, 0) is 14.0 Å². The number of carboxylic acids is 1. The minimum absolute atomic E-state index is 0.149. The Kier molecular flexibility index (Phi) is 11.0. The van der Waals surface area contributed by atoms with E-state index in [0.29, 0.717) is 29.5 Å². The standard InChI is InChI=1S/C39H43Cl2NO4Si/c1-27(22-23-46-47(39(2,3)4,33-14-7-5-8-15-33)34-16-9-6-10-17-34)42-37(28-18-20-31(40)21-19-28)35(29-12-11-13-32(41)24-29)25-30(38(42)45)26-36(43)44/h5-21,24,27,30,35,37H,22-23,25-26H2,1-4H3,(H,43,44)/t27-,30?,35?,37?/m0/s1. The van der Waals surface area contributed by atoms with Gasteiger partial charge in [-0.15, -0.1) is 0 Å². The summed E-state index contributed by atoms with van der Waals surface area (Å²) in [6, 6.07) is 35.7. The Bertz CT molecular complexity index is 1620. The Balaban J connectivity index is 1.53. The monoisotopic (exact) mass is 687 g/mol. The zero-order chi connectivity index (χ0) is 33.8. The number of piperidine rings is 1. The zero-order valence-corrected chi connectivity index (χ0v) is 29.9. The molecule has 4 atom stereocenters. The van der Waals surface area contributed by atoms with Gasteiger partial charge in [0.1, 0.15) is 0 Å². The van der Waals surface area contributed by atoms with Crippen molar-refractivity contribution < 1.29 is 19.1 Å². The molecule has 4 aromatic carbocycles. The zero-order valence-electron chi connectivity index (χ0n) is 27.4. The van der Waals surface area contributed by atoms with E-state index < -0.39 is 20.2 Å². The molecule has 0 bridgehead atoms. The van der Waals surface area contributed by atoms with Crippen molar-refractivity contribution in [2.45, 2.75) is 70.0 Å². The first-order chi connectivity index (χ1) is 22.4. The highest BCUT2D eigenvalue weighted by Crippen LogP contribution is 2.48. The van der Waals surface area contributed by atoms with Crippen LogP contribution in [0.15, 0.2) is 109 Å². The molecule has 1 N–H and O–H groups in total. The number of hydrogen-bond acceptors (Lipinski definition) is 3. The van der Waals surface area contributed by atoms with Gasteiger partial charge in [0.05, 0.1) is 12.5 Å². The first-order valence-electron chi connectivity index (χ1n) is 16.2. The Morgan fingerprint density at radius 3 is 2.00 bits per heavy atom. The van der Waals surface area contributed by atoms with E-state index in [1.807, 2.05) is 72.5 Å². The third kappa shape index (κ3) is 7.52. The molecule has 3 unspecified atom stereocenters. The first kappa shape index (κ1) is 34.9. The van der Waals surface area contributed by atoms with Crippen LogP contribution in [0.5, 0.6) is 0 Å². The summed E-state index contributed by atoms with van der Waals surface area (Å²) in [7, 11) is -2.79. The molecule has 0 aromatic heterocycles. The van der Waals surface area contributed by atoms with Crippen molar-refractivity contribution in [3.8, 4) is 0 Å². The highest BCUT2D eigenvalue weighted by atomic mass is 35.5. The fourth-order valence-electron chi connectivity index (χ4n) is 7.34. The van der Waals surface area contributed by atoms with Gasteiger partial charge in [-0.1, -0.05) is 129 Å². The summed E-state index contributed by atoms with van der Waals surface area (Å²) in [6.07, 6.45) is 0.744. The van der Waals surface area contributed by atoms with Crippen molar-refractivity contribution in [2.75, 3.05) is 6.61 Å². The molecule has 1 aliphatic rings. The summed E-state index contributed by atoms with van der Waals surface area (Å²) in [5.74, 6) is -1.97. The molecule has 47 heavy (non-hydrogen) atoms. The Morgan fingerprint density at radius 2 is 1.47 bits per heavy atom. The van der Waals surface area contributed by atoms with Crippen molar-refractivity contribution >= 4 is 53.8 Å². The smallest absolute Gasteiger partial charge is 0.304 e. The fraction of sp³-hybridized carbons (Fsp3) is 0.333. The van der Waals surface area contributed by atoms with E-state index in [2.05, 4.69) is 69.3 Å². The summed E-state index contributed by atoms with van der Waals surface area (Å²) < 4.78 is 7.21. The molecule has 0 saturated carbocycles. The van der Waals surface area contributed by atoms with Crippen LogP contribution in [0, 0.1) is 5.92 Å². The largest absolute Gasteiger partial charge is 0.481 e. The highest BCUT2D eigenvalue weighted by Gasteiger charge is 2.50. The topological polar surface area (TPSA) is 66.8 Å². The first-order valence-corrected chi connectivity index (χ1v) is 18.9. The number of benzene rings is 4. The molecule has 1 aliphatic heterocycles. The van der Waals surface area contributed by atoms with Gasteiger partial charge in [0.15, 0.2) is 0 Å². The molecular formula is C39H43Cl2NO4Si. The molecule has 1 saturated heterocycles. The summed E-state index contributed by atoms with van der Waals surface area (Å²) in [6.45, 7) is 9.23. The predicted octanol–water partition coefficient (Wildman–Crippen LogP) is 8.50. The van der Waals surface area contributed by atoms with Gasteiger partial charge in [-0.05, 0) is 70.6 Å². The van der Waals surface area contributed by atoms with Crippen molar-refractivity contribution in [1.82, 2.24) is 4.90 Å². The lowest BCUT2D eigenvalue weighted by Crippen LogP contribution is -2.66. The SMILES string of the molecule is C[C@@H](CCO[Si](c1ccccc1)(c1ccccc1)C(C)(C)C)N1C(=O)C(CC(=O)O)CC(c2cccc(Cl)c2)C1c1ccc(Cl)cc1. The summed E-state index contributed by atoms with van der Waals surface area (Å²) >= 11 is 12.8.